The summed E-state index contributed by atoms with van der Waals surface area (Å²) in [6, 6.07) is 11.0. The van der Waals surface area contributed by atoms with Crippen LogP contribution < -0.4 is 4.74 Å². The molecule has 0 spiro atoms. The van der Waals surface area contributed by atoms with Gasteiger partial charge in [0.25, 0.3) is 0 Å². The second-order valence-corrected chi connectivity index (χ2v) is 4.30. The summed E-state index contributed by atoms with van der Waals surface area (Å²) in [6.45, 7) is 2.07. The van der Waals surface area contributed by atoms with Crippen molar-refractivity contribution < 1.29 is 14.6 Å². The number of hydrogen-bond donors (Lipinski definition) is 1. The highest BCUT2D eigenvalue weighted by Crippen LogP contribution is 2.18. The van der Waals surface area contributed by atoms with Crippen molar-refractivity contribution in [2.75, 3.05) is 6.61 Å². The van der Waals surface area contributed by atoms with Gasteiger partial charge < -0.3 is 9.84 Å². The van der Waals surface area contributed by atoms with Gasteiger partial charge in [-0.3, -0.25) is 9.78 Å². The van der Waals surface area contributed by atoms with Gasteiger partial charge in [0.05, 0.1) is 0 Å². The van der Waals surface area contributed by atoms with Gasteiger partial charge in [-0.05, 0) is 30.7 Å². The second kappa shape index (κ2) is 6.00. The van der Waals surface area contributed by atoms with E-state index in [4.69, 9.17) is 4.74 Å². The molecular weight excluding hydrogens is 242 g/mol. The van der Waals surface area contributed by atoms with Crippen LogP contribution in [0.5, 0.6) is 5.75 Å². The van der Waals surface area contributed by atoms with Crippen LogP contribution >= 0.6 is 0 Å². The lowest BCUT2D eigenvalue weighted by Crippen LogP contribution is -2.19. The number of ether oxygens (including phenoxy) is 1. The first-order valence-electron chi connectivity index (χ1n) is 5.99. The van der Waals surface area contributed by atoms with E-state index in [2.05, 4.69) is 4.98 Å². The minimum absolute atomic E-state index is 0.0874. The molecule has 98 valence electrons. The normalized spacial score (nSPS) is 11.8. The smallest absolute Gasteiger partial charge is 0.314 e. The van der Waals surface area contributed by atoms with E-state index >= 15 is 0 Å². The van der Waals surface area contributed by atoms with Crippen molar-refractivity contribution in [3.63, 3.8) is 0 Å². The van der Waals surface area contributed by atoms with Crippen molar-refractivity contribution in [1.82, 2.24) is 4.98 Å². The maximum atomic E-state index is 11.3. The molecule has 0 saturated heterocycles. The summed E-state index contributed by atoms with van der Waals surface area (Å²) in [5.41, 5.74) is 1.77. The molecule has 2 rings (SSSR count). The molecule has 0 fully saturated rings. The van der Waals surface area contributed by atoms with Gasteiger partial charge in [0.2, 0.25) is 0 Å². The van der Waals surface area contributed by atoms with Gasteiger partial charge in [-0.2, -0.15) is 0 Å². The summed E-state index contributed by atoms with van der Waals surface area (Å²) in [7, 11) is 0. The third-order valence-electron chi connectivity index (χ3n) is 2.82. The van der Waals surface area contributed by atoms with Gasteiger partial charge in [0.15, 0.2) is 0 Å². The molecule has 1 aromatic heterocycles. The van der Waals surface area contributed by atoms with Crippen molar-refractivity contribution >= 4 is 5.97 Å². The Labute approximate surface area is 111 Å². The Morgan fingerprint density at radius 2 is 2.05 bits per heavy atom. The molecule has 19 heavy (non-hydrogen) atoms. The molecule has 4 nitrogen and oxygen atoms in total. The third-order valence-corrected chi connectivity index (χ3v) is 2.82. The number of carbonyl (C=O) groups is 1. The predicted octanol–water partition coefficient (Wildman–Crippen LogP) is 2.64. The summed E-state index contributed by atoms with van der Waals surface area (Å²) < 4.78 is 5.53. The summed E-state index contributed by atoms with van der Waals surface area (Å²) in [5.74, 6) is -0.962. The maximum Gasteiger partial charge on any atom is 0.314 e. The maximum absolute atomic E-state index is 11.3. The number of aromatic nitrogens is 1. The number of rotatable bonds is 5. The van der Waals surface area contributed by atoms with Crippen LogP contribution in [0.25, 0.3) is 0 Å². The van der Waals surface area contributed by atoms with E-state index in [1.165, 1.54) is 0 Å². The van der Waals surface area contributed by atoms with Crippen LogP contribution in [0.4, 0.5) is 0 Å². The van der Waals surface area contributed by atoms with Crippen molar-refractivity contribution in [3.05, 3.63) is 59.9 Å². The van der Waals surface area contributed by atoms with Crippen molar-refractivity contribution in [2.45, 2.75) is 12.8 Å². The molecular formula is C15H15NO3. The molecule has 0 aliphatic carbocycles. The van der Waals surface area contributed by atoms with E-state index in [0.717, 1.165) is 5.56 Å². The standard InChI is InChI=1S/C15H15NO3/c1-11-4-6-13(7-5-11)19-10-14(15(17)18)12-3-2-8-16-9-12/h2-9,14H,10H2,1H3,(H,17,18). The zero-order valence-corrected chi connectivity index (χ0v) is 10.6. The fourth-order valence-electron chi connectivity index (χ4n) is 1.71. The van der Waals surface area contributed by atoms with Gasteiger partial charge in [0.1, 0.15) is 18.3 Å². The summed E-state index contributed by atoms with van der Waals surface area (Å²) in [6.07, 6.45) is 3.17. The molecule has 2 aromatic rings. The molecule has 1 N–H and O–H groups in total. The number of nitrogens with zero attached hydrogens (tertiary/aromatic N) is 1. The number of aliphatic carboxylic acids is 1. The van der Waals surface area contributed by atoms with Gasteiger partial charge in [-0.25, -0.2) is 0 Å². The molecule has 1 aromatic carbocycles. The summed E-state index contributed by atoms with van der Waals surface area (Å²) in [4.78, 5) is 15.2. The van der Waals surface area contributed by atoms with Crippen molar-refractivity contribution in [2.24, 2.45) is 0 Å². The fourth-order valence-corrected chi connectivity index (χ4v) is 1.71. The van der Waals surface area contributed by atoms with Crippen LogP contribution in [-0.4, -0.2) is 22.7 Å². The van der Waals surface area contributed by atoms with Crippen LogP contribution in [-0.2, 0) is 4.79 Å². The molecule has 4 heteroatoms. The minimum atomic E-state index is -0.917. The third kappa shape index (κ3) is 3.55. The fraction of sp³-hybridized carbons (Fsp3) is 0.200. The lowest BCUT2D eigenvalue weighted by molar-refractivity contribution is -0.139. The highest BCUT2D eigenvalue weighted by molar-refractivity contribution is 5.76. The van der Waals surface area contributed by atoms with E-state index in [0.29, 0.717) is 11.3 Å². The quantitative estimate of drug-likeness (QED) is 0.894. The first kappa shape index (κ1) is 13.1. The predicted molar refractivity (Wildman–Crippen MR) is 71.3 cm³/mol. The highest BCUT2D eigenvalue weighted by Gasteiger charge is 2.20. The van der Waals surface area contributed by atoms with E-state index in [1.807, 2.05) is 31.2 Å². The van der Waals surface area contributed by atoms with E-state index < -0.39 is 11.9 Å². The van der Waals surface area contributed by atoms with Crippen LogP contribution in [0.1, 0.15) is 17.0 Å². The zero-order valence-electron chi connectivity index (χ0n) is 10.6. The Morgan fingerprint density at radius 1 is 1.32 bits per heavy atom. The SMILES string of the molecule is Cc1ccc(OCC(C(=O)O)c2cccnc2)cc1. The number of carboxylic acids is 1. The highest BCUT2D eigenvalue weighted by atomic mass is 16.5. The summed E-state index contributed by atoms with van der Waals surface area (Å²) in [5, 5.41) is 9.24. The number of carboxylic acid groups (broad SMARTS) is 1. The van der Waals surface area contributed by atoms with Crippen LogP contribution in [0.3, 0.4) is 0 Å². The molecule has 0 amide bonds. The Morgan fingerprint density at radius 3 is 2.63 bits per heavy atom. The Balaban J connectivity index is 2.06. The molecule has 1 heterocycles. The molecule has 0 bridgehead atoms. The van der Waals surface area contributed by atoms with Crippen LogP contribution in [0, 0.1) is 6.92 Å². The topological polar surface area (TPSA) is 59.4 Å². The lowest BCUT2D eigenvalue weighted by atomic mass is 10.0. The van der Waals surface area contributed by atoms with E-state index in [1.54, 1.807) is 24.5 Å². The average molecular weight is 257 g/mol. The van der Waals surface area contributed by atoms with Crippen molar-refractivity contribution in [3.8, 4) is 5.75 Å². The summed E-state index contributed by atoms with van der Waals surface area (Å²) >= 11 is 0. The van der Waals surface area contributed by atoms with Crippen LogP contribution in [0.2, 0.25) is 0 Å². The Kier molecular flexibility index (Phi) is 4.13. The average Bonchev–Trinajstić information content (AvgIpc) is 2.42. The second-order valence-electron chi connectivity index (χ2n) is 4.30. The van der Waals surface area contributed by atoms with Gasteiger partial charge >= 0.3 is 5.97 Å². The Hall–Kier alpha value is -2.36. The molecule has 0 aliphatic rings. The number of benzene rings is 1. The monoisotopic (exact) mass is 257 g/mol. The van der Waals surface area contributed by atoms with Gasteiger partial charge in [-0.15, -0.1) is 0 Å². The molecule has 0 saturated carbocycles. The zero-order chi connectivity index (χ0) is 13.7. The largest absolute Gasteiger partial charge is 0.492 e. The minimum Gasteiger partial charge on any atom is -0.492 e. The van der Waals surface area contributed by atoms with Crippen molar-refractivity contribution in [1.29, 1.82) is 0 Å². The van der Waals surface area contributed by atoms with Crippen LogP contribution in [0.15, 0.2) is 48.8 Å². The molecule has 0 aliphatic heterocycles. The number of pyridine rings is 1. The van der Waals surface area contributed by atoms with E-state index in [-0.39, 0.29) is 6.61 Å². The van der Waals surface area contributed by atoms with Gasteiger partial charge in [0, 0.05) is 12.4 Å². The number of hydrogen-bond acceptors (Lipinski definition) is 3. The number of aryl methyl sites for hydroxylation is 1. The molecule has 0 radical (unpaired) electrons. The molecule has 1 atom stereocenters. The van der Waals surface area contributed by atoms with Gasteiger partial charge in [-0.1, -0.05) is 23.8 Å². The first-order chi connectivity index (χ1) is 9.16. The lowest BCUT2D eigenvalue weighted by Gasteiger charge is -2.13. The molecule has 1 unspecified atom stereocenters. The van der Waals surface area contributed by atoms with E-state index in [9.17, 15) is 9.90 Å². The first-order valence-corrected chi connectivity index (χ1v) is 5.99. The Bertz CT molecular complexity index is 537.